The van der Waals surface area contributed by atoms with Gasteiger partial charge in [0, 0.05) is 18.1 Å². The molecule has 29 heavy (non-hydrogen) atoms. The van der Waals surface area contributed by atoms with Crippen molar-refractivity contribution in [2.75, 3.05) is 13.2 Å². The first-order valence-corrected chi connectivity index (χ1v) is 9.66. The minimum Gasteiger partial charge on any atom is -0.493 e. The maximum Gasteiger partial charge on any atom is 0.330 e. The van der Waals surface area contributed by atoms with E-state index in [1.165, 1.54) is 11.6 Å². The number of ether oxygens (including phenoxy) is 2. The van der Waals surface area contributed by atoms with Gasteiger partial charge in [-0.05, 0) is 56.7 Å². The Hall–Kier alpha value is -3.34. The number of hydrogen-bond acceptors (Lipinski definition) is 5. The van der Waals surface area contributed by atoms with E-state index in [1.54, 1.807) is 13.0 Å². The Balaban J connectivity index is 1.54. The molecule has 0 aliphatic rings. The largest absolute Gasteiger partial charge is 0.493 e. The summed E-state index contributed by atoms with van der Waals surface area (Å²) in [6.07, 6.45) is 3.79. The fourth-order valence-electron chi connectivity index (χ4n) is 2.86. The Morgan fingerprint density at radius 3 is 2.66 bits per heavy atom. The van der Waals surface area contributed by atoms with E-state index in [0.717, 1.165) is 28.3 Å². The number of oxazole rings is 1. The quantitative estimate of drug-likeness (QED) is 0.392. The molecule has 3 aromatic rings. The van der Waals surface area contributed by atoms with Gasteiger partial charge in [-0.3, -0.25) is 0 Å². The number of rotatable bonds is 8. The normalized spacial score (nSPS) is 11.0. The van der Waals surface area contributed by atoms with Gasteiger partial charge in [-0.1, -0.05) is 29.8 Å². The Kier molecular flexibility index (Phi) is 6.85. The molecule has 2 aromatic carbocycles. The van der Waals surface area contributed by atoms with Crippen LogP contribution in [0.3, 0.4) is 0 Å². The molecule has 0 saturated carbocycles. The molecule has 3 rings (SSSR count). The molecule has 5 heteroatoms. The number of aromatic nitrogens is 1. The van der Waals surface area contributed by atoms with E-state index in [0.29, 0.717) is 25.5 Å². The molecule has 1 heterocycles. The van der Waals surface area contributed by atoms with E-state index in [4.69, 9.17) is 13.9 Å². The highest BCUT2D eigenvalue weighted by atomic mass is 16.5. The van der Waals surface area contributed by atoms with E-state index in [1.807, 2.05) is 56.3 Å². The van der Waals surface area contributed by atoms with Crippen molar-refractivity contribution in [3.05, 3.63) is 77.2 Å². The first-order valence-electron chi connectivity index (χ1n) is 9.66. The lowest BCUT2D eigenvalue weighted by Gasteiger charge is -2.05. The van der Waals surface area contributed by atoms with Crippen LogP contribution in [0.2, 0.25) is 0 Å². The zero-order valence-electron chi connectivity index (χ0n) is 17.0. The van der Waals surface area contributed by atoms with Crippen LogP contribution in [0.5, 0.6) is 5.75 Å². The number of aryl methyl sites for hydroxylation is 2. The minimum atomic E-state index is -0.346. The van der Waals surface area contributed by atoms with Crippen molar-refractivity contribution in [2.45, 2.75) is 27.2 Å². The van der Waals surface area contributed by atoms with Crippen LogP contribution in [-0.2, 0) is 16.0 Å². The molecule has 0 fully saturated rings. The van der Waals surface area contributed by atoms with Crippen LogP contribution >= 0.6 is 0 Å². The molecule has 0 amide bonds. The summed E-state index contributed by atoms with van der Waals surface area (Å²) in [7, 11) is 0. The van der Waals surface area contributed by atoms with Crippen molar-refractivity contribution < 1.29 is 18.7 Å². The second-order valence-electron chi connectivity index (χ2n) is 6.64. The molecule has 0 aliphatic heterocycles. The standard InChI is InChI=1S/C24H25NO4/c1-4-27-23(26)13-10-19-8-11-21(12-9-19)28-15-14-22-18(3)29-24(25-22)20-7-5-6-17(2)16-20/h5-13,16H,4,14-15H2,1-3H3. The lowest BCUT2D eigenvalue weighted by molar-refractivity contribution is -0.137. The fraction of sp³-hybridized carbons (Fsp3) is 0.250. The fourth-order valence-corrected chi connectivity index (χ4v) is 2.86. The molecule has 0 radical (unpaired) electrons. The van der Waals surface area contributed by atoms with Crippen LogP contribution < -0.4 is 4.74 Å². The number of hydrogen-bond donors (Lipinski definition) is 0. The van der Waals surface area contributed by atoms with Gasteiger partial charge < -0.3 is 13.9 Å². The van der Waals surface area contributed by atoms with Crippen molar-refractivity contribution in [1.29, 1.82) is 0 Å². The average molecular weight is 391 g/mol. The van der Waals surface area contributed by atoms with Crippen LogP contribution in [0.15, 0.2) is 59.0 Å². The second kappa shape index (κ2) is 9.73. The van der Waals surface area contributed by atoms with Crippen molar-refractivity contribution in [2.24, 2.45) is 0 Å². The van der Waals surface area contributed by atoms with Gasteiger partial charge in [-0.25, -0.2) is 9.78 Å². The third-order valence-corrected chi connectivity index (χ3v) is 4.34. The number of nitrogens with zero attached hydrogens (tertiary/aromatic N) is 1. The predicted molar refractivity (Wildman–Crippen MR) is 113 cm³/mol. The van der Waals surface area contributed by atoms with Crippen LogP contribution in [0.1, 0.15) is 29.5 Å². The van der Waals surface area contributed by atoms with Gasteiger partial charge in [0.2, 0.25) is 5.89 Å². The van der Waals surface area contributed by atoms with Gasteiger partial charge in [-0.15, -0.1) is 0 Å². The predicted octanol–water partition coefficient (Wildman–Crippen LogP) is 5.16. The Bertz CT molecular complexity index is 986. The van der Waals surface area contributed by atoms with Gasteiger partial charge in [0.05, 0.1) is 18.9 Å². The van der Waals surface area contributed by atoms with E-state index in [-0.39, 0.29) is 5.97 Å². The highest BCUT2D eigenvalue weighted by Crippen LogP contribution is 2.23. The second-order valence-corrected chi connectivity index (χ2v) is 6.64. The lowest BCUT2D eigenvalue weighted by atomic mass is 10.1. The summed E-state index contributed by atoms with van der Waals surface area (Å²) >= 11 is 0. The minimum absolute atomic E-state index is 0.346. The van der Waals surface area contributed by atoms with Crippen LogP contribution in [0, 0.1) is 13.8 Å². The molecule has 0 saturated heterocycles. The molecule has 0 aliphatic carbocycles. The molecule has 150 valence electrons. The summed E-state index contributed by atoms with van der Waals surface area (Å²) in [5.74, 6) is 1.86. The first-order chi connectivity index (χ1) is 14.0. The Morgan fingerprint density at radius 1 is 1.14 bits per heavy atom. The molecule has 0 N–H and O–H groups in total. The summed E-state index contributed by atoms with van der Waals surface area (Å²) in [6, 6.07) is 15.6. The third kappa shape index (κ3) is 5.82. The Labute approximate surface area is 171 Å². The van der Waals surface area contributed by atoms with E-state index in [2.05, 4.69) is 11.1 Å². The molecule has 0 bridgehead atoms. The van der Waals surface area contributed by atoms with Gasteiger partial charge >= 0.3 is 5.97 Å². The van der Waals surface area contributed by atoms with E-state index < -0.39 is 0 Å². The smallest absolute Gasteiger partial charge is 0.330 e. The highest BCUT2D eigenvalue weighted by molar-refractivity contribution is 5.87. The molecular formula is C24H25NO4. The molecule has 1 aromatic heterocycles. The summed E-state index contributed by atoms with van der Waals surface area (Å²) in [4.78, 5) is 16.0. The summed E-state index contributed by atoms with van der Waals surface area (Å²) in [5.41, 5.74) is 3.95. The molecule has 5 nitrogen and oxygen atoms in total. The third-order valence-electron chi connectivity index (χ3n) is 4.34. The SMILES string of the molecule is CCOC(=O)C=Cc1ccc(OCCc2nc(-c3cccc(C)c3)oc2C)cc1. The number of carbonyl (C=O) groups is 1. The molecule has 0 unspecified atom stereocenters. The van der Waals surface area contributed by atoms with Crippen molar-refractivity contribution in [1.82, 2.24) is 4.98 Å². The average Bonchev–Trinajstić information content (AvgIpc) is 3.08. The first kappa shape index (κ1) is 20.4. The van der Waals surface area contributed by atoms with Gasteiger partial charge in [-0.2, -0.15) is 0 Å². The van der Waals surface area contributed by atoms with Crippen LogP contribution in [0.4, 0.5) is 0 Å². The summed E-state index contributed by atoms with van der Waals surface area (Å²) < 4.78 is 16.5. The van der Waals surface area contributed by atoms with E-state index >= 15 is 0 Å². The Morgan fingerprint density at radius 2 is 1.93 bits per heavy atom. The lowest BCUT2D eigenvalue weighted by Crippen LogP contribution is -2.02. The molecular weight excluding hydrogens is 366 g/mol. The summed E-state index contributed by atoms with van der Waals surface area (Å²) in [6.45, 7) is 6.62. The van der Waals surface area contributed by atoms with Gasteiger partial charge in [0.1, 0.15) is 11.5 Å². The topological polar surface area (TPSA) is 61.6 Å². The van der Waals surface area contributed by atoms with E-state index in [9.17, 15) is 4.79 Å². The van der Waals surface area contributed by atoms with Crippen molar-refractivity contribution in [3.8, 4) is 17.2 Å². The molecule has 0 atom stereocenters. The van der Waals surface area contributed by atoms with Gasteiger partial charge in [0.15, 0.2) is 0 Å². The van der Waals surface area contributed by atoms with Crippen LogP contribution in [0.25, 0.3) is 17.5 Å². The van der Waals surface area contributed by atoms with Crippen LogP contribution in [-0.4, -0.2) is 24.2 Å². The van der Waals surface area contributed by atoms with Crippen molar-refractivity contribution in [3.63, 3.8) is 0 Å². The number of esters is 1. The molecule has 0 spiro atoms. The number of carbonyl (C=O) groups excluding carboxylic acids is 1. The van der Waals surface area contributed by atoms with Gasteiger partial charge in [0.25, 0.3) is 0 Å². The van der Waals surface area contributed by atoms with Crippen molar-refractivity contribution >= 4 is 12.0 Å². The maximum atomic E-state index is 11.3. The monoisotopic (exact) mass is 391 g/mol. The highest BCUT2D eigenvalue weighted by Gasteiger charge is 2.11. The zero-order chi connectivity index (χ0) is 20.6. The number of benzene rings is 2. The maximum absolute atomic E-state index is 11.3. The summed E-state index contributed by atoms with van der Waals surface area (Å²) in [5, 5.41) is 0. The zero-order valence-corrected chi connectivity index (χ0v) is 17.0.